The molecule has 1 atom stereocenters. The molecule has 2 heterocycles. The summed E-state index contributed by atoms with van der Waals surface area (Å²) in [5, 5.41) is 10.8. The van der Waals surface area contributed by atoms with Crippen molar-refractivity contribution >= 4 is 18.3 Å². The summed E-state index contributed by atoms with van der Waals surface area (Å²) in [6, 6.07) is 9.90. The van der Waals surface area contributed by atoms with Crippen LogP contribution in [0, 0.1) is 0 Å². The van der Waals surface area contributed by atoms with Crippen LogP contribution in [0.3, 0.4) is 0 Å². The third-order valence-electron chi connectivity index (χ3n) is 4.69. The molecule has 1 aliphatic rings. The Bertz CT molecular complexity index is 744. The quantitative estimate of drug-likeness (QED) is 0.701. The molecule has 2 N–H and O–H groups in total. The molecule has 1 amide bonds. The lowest BCUT2D eigenvalue weighted by molar-refractivity contribution is 0.0944. The second kappa shape index (κ2) is 11.0. The van der Waals surface area contributed by atoms with Gasteiger partial charge >= 0.3 is 0 Å². The van der Waals surface area contributed by atoms with Gasteiger partial charge in [0.05, 0.1) is 6.04 Å². The van der Waals surface area contributed by atoms with Crippen LogP contribution < -0.4 is 15.4 Å². The standard InChI is InChI=1S/C20H29N5O2.ClH/c1-24(2)12-13-27-19-8-4-3-6-16(19)14-22-20(26)18-9-11-25(23-18)17-7-5-10-21-15-17;/h3-4,6,8-9,11,17,21H,5,7,10,12-15H2,1-2H3,(H,22,26);1H. The molecule has 154 valence electrons. The maximum Gasteiger partial charge on any atom is 0.272 e. The molecule has 7 nitrogen and oxygen atoms in total. The summed E-state index contributed by atoms with van der Waals surface area (Å²) in [5.41, 5.74) is 1.41. The van der Waals surface area contributed by atoms with E-state index in [4.69, 9.17) is 4.74 Å². The third-order valence-corrected chi connectivity index (χ3v) is 4.69. The van der Waals surface area contributed by atoms with E-state index in [9.17, 15) is 4.79 Å². The molecule has 8 heteroatoms. The number of aromatic nitrogens is 2. The molecule has 0 radical (unpaired) electrons. The number of hydrogen-bond donors (Lipinski definition) is 2. The van der Waals surface area contributed by atoms with Crippen LogP contribution in [-0.2, 0) is 6.54 Å². The van der Waals surface area contributed by atoms with E-state index in [1.54, 1.807) is 6.07 Å². The predicted molar refractivity (Wildman–Crippen MR) is 112 cm³/mol. The fraction of sp³-hybridized carbons (Fsp3) is 0.500. The molecule has 1 saturated heterocycles. The molecule has 3 rings (SSSR count). The topological polar surface area (TPSA) is 71.4 Å². The normalized spacial score (nSPS) is 16.5. The van der Waals surface area contributed by atoms with E-state index in [2.05, 4.69) is 20.6 Å². The molecule has 1 aromatic heterocycles. The maximum absolute atomic E-state index is 12.5. The Balaban J connectivity index is 0.00000280. The van der Waals surface area contributed by atoms with Gasteiger partial charge in [-0.25, -0.2) is 0 Å². The van der Waals surface area contributed by atoms with Gasteiger partial charge in [0.15, 0.2) is 0 Å². The highest BCUT2D eigenvalue weighted by atomic mass is 35.5. The number of hydrogen-bond acceptors (Lipinski definition) is 5. The molecule has 1 aromatic carbocycles. The Labute approximate surface area is 172 Å². The van der Waals surface area contributed by atoms with Crippen molar-refractivity contribution in [2.24, 2.45) is 0 Å². The van der Waals surface area contributed by atoms with Crippen molar-refractivity contribution in [3.8, 4) is 5.75 Å². The Hall–Kier alpha value is -2.09. The maximum atomic E-state index is 12.5. The van der Waals surface area contributed by atoms with Crippen LogP contribution in [0.15, 0.2) is 36.5 Å². The Morgan fingerprint density at radius 2 is 2.18 bits per heavy atom. The summed E-state index contributed by atoms with van der Waals surface area (Å²) in [5.74, 6) is 0.638. The van der Waals surface area contributed by atoms with Gasteiger partial charge < -0.3 is 20.3 Å². The number of carbonyl (C=O) groups is 1. The second-order valence-corrected chi connectivity index (χ2v) is 7.12. The number of nitrogens with zero attached hydrogens (tertiary/aromatic N) is 3. The van der Waals surface area contributed by atoms with E-state index >= 15 is 0 Å². The lowest BCUT2D eigenvalue weighted by Gasteiger charge is -2.22. The first-order chi connectivity index (χ1) is 13.1. The molecular formula is C20H30ClN5O2. The average Bonchev–Trinajstić information content (AvgIpc) is 3.18. The van der Waals surface area contributed by atoms with E-state index in [1.165, 1.54) is 0 Å². The number of carbonyl (C=O) groups excluding carboxylic acids is 1. The lowest BCUT2D eigenvalue weighted by atomic mass is 10.1. The Morgan fingerprint density at radius 1 is 1.36 bits per heavy atom. The fourth-order valence-corrected chi connectivity index (χ4v) is 3.12. The van der Waals surface area contributed by atoms with Crippen LogP contribution in [0.5, 0.6) is 5.75 Å². The van der Waals surface area contributed by atoms with Crippen LogP contribution >= 0.6 is 12.4 Å². The smallest absolute Gasteiger partial charge is 0.272 e. The van der Waals surface area contributed by atoms with Gasteiger partial charge in [-0.15, -0.1) is 12.4 Å². The van der Waals surface area contributed by atoms with Gasteiger partial charge in [0.25, 0.3) is 5.91 Å². The first kappa shape index (κ1) is 22.2. The van der Waals surface area contributed by atoms with Crippen LogP contribution in [0.1, 0.15) is 34.9 Å². The predicted octanol–water partition coefficient (Wildman–Crippen LogP) is 2.10. The van der Waals surface area contributed by atoms with Crippen molar-refractivity contribution < 1.29 is 9.53 Å². The molecule has 1 aliphatic heterocycles. The number of nitrogens with one attached hydrogen (secondary N) is 2. The summed E-state index contributed by atoms with van der Waals surface area (Å²) in [4.78, 5) is 14.6. The van der Waals surface area contributed by atoms with Crippen molar-refractivity contribution in [2.45, 2.75) is 25.4 Å². The van der Waals surface area contributed by atoms with E-state index in [-0.39, 0.29) is 18.3 Å². The monoisotopic (exact) mass is 407 g/mol. The molecule has 0 spiro atoms. The molecule has 0 aliphatic carbocycles. The van der Waals surface area contributed by atoms with Crippen LogP contribution in [0.4, 0.5) is 0 Å². The zero-order chi connectivity index (χ0) is 19.1. The fourth-order valence-electron chi connectivity index (χ4n) is 3.12. The van der Waals surface area contributed by atoms with Crippen LogP contribution in [0.2, 0.25) is 0 Å². The van der Waals surface area contributed by atoms with Crippen molar-refractivity contribution in [1.29, 1.82) is 0 Å². The van der Waals surface area contributed by atoms with Crippen molar-refractivity contribution in [1.82, 2.24) is 25.3 Å². The minimum atomic E-state index is -0.166. The number of piperidine rings is 1. The minimum absolute atomic E-state index is 0. The van der Waals surface area contributed by atoms with Crippen LogP contribution in [-0.4, -0.2) is 60.9 Å². The summed E-state index contributed by atoms with van der Waals surface area (Å²) < 4.78 is 7.75. The van der Waals surface area contributed by atoms with E-state index in [0.29, 0.717) is 24.9 Å². The third kappa shape index (κ3) is 6.22. The second-order valence-electron chi connectivity index (χ2n) is 7.12. The summed E-state index contributed by atoms with van der Waals surface area (Å²) in [7, 11) is 4.02. The summed E-state index contributed by atoms with van der Waals surface area (Å²) >= 11 is 0. The lowest BCUT2D eigenvalue weighted by Crippen LogP contribution is -2.32. The number of benzene rings is 1. The number of para-hydroxylation sites is 1. The molecule has 2 aromatic rings. The summed E-state index contributed by atoms with van der Waals surface area (Å²) in [6.45, 7) is 3.82. The molecule has 28 heavy (non-hydrogen) atoms. The van der Waals surface area contributed by atoms with E-state index in [1.807, 2.05) is 49.2 Å². The number of rotatable bonds is 8. The minimum Gasteiger partial charge on any atom is -0.492 e. The molecule has 0 bridgehead atoms. The highest BCUT2D eigenvalue weighted by molar-refractivity contribution is 5.92. The number of likely N-dealkylation sites (N-methyl/N-ethyl adjacent to an activating group) is 1. The Kier molecular flexibility index (Phi) is 8.76. The van der Waals surface area contributed by atoms with Gasteiger partial charge in [-0.1, -0.05) is 18.2 Å². The highest BCUT2D eigenvalue weighted by Crippen LogP contribution is 2.18. The molecular weight excluding hydrogens is 378 g/mol. The average molecular weight is 408 g/mol. The first-order valence-corrected chi connectivity index (χ1v) is 9.53. The SMILES string of the molecule is CN(C)CCOc1ccccc1CNC(=O)c1ccn(C2CCCNC2)n1.Cl. The number of ether oxygens (including phenoxy) is 1. The zero-order valence-corrected chi connectivity index (χ0v) is 17.4. The van der Waals surface area contributed by atoms with Gasteiger partial charge in [0.1, 0.15) is 18.1 Å². The first-order valence-electron chi connectivity index (χ1n) is 9.53. The van der Waals surface area contributed by atoms with Gasteiger partial charge in [0.2, 0.25) is 0 Å². The van der Waals surface area contributed by atoms with E-state index < -0.39 is 0 Å². The van der Waals surface area contributed by atoms with Crippen molar-refractivity contribution in [3.05, 3.63) is 47.8 Å². The number of halogens is 1. The van der Waals surface area contributed by atoms with Gasteiger partial charge in [-0.2, -0.15) is 5.10 Å². The summed E-state index contributed by atoms with van der Waals surface area (Å²) in [6.07, 6.45) is 4.12. The number of amides is 1. The largest absolute Gasteiger partial charge is 0.492 e. The van der Waals surface area contributed by atoms with Gasteiger partial charge in [-0.3, -0.25) is 9.48 Å². The zero-order valence-electron chi connectivity index (χ0n) is 16.6. The Morgan fingerprint density at radius 3 is 2.93 bits per heavy atom. The van der Waals surface area contributed by atoms with Crippen molar-refractivity contribution in [2.75, 3.05) is 40.3 Å². The van der Waals surface area contributed by atoms with Gasteiger partial charge in [-0.05, 0) is 45.6 Å². The van der Waals surface area contributed by atoms with Gasteiger partial charge in [0, 0.05) is 31.4 Å². The molecule has 0 saturated carbocycles. The molecule has 1 unspecified atom stereocenters. The molecule has 1 fully saturated rings. The van der Waals surface area contributed by atoms with Crippen molar-refractivity contribution in [3.63, 3.8) is 0 Å². The van der Waals surface area contributed by atoms with E-state index in [0.717, 1.165) is 43.8 Å². The van der Waals surface area contributed by atoms with Crippen LogP contribution in [0.25, 0.3) is 0 Å². The highest BCUT2D eigenvalue weighted by Gasteiger charge is 2.17.